The normalized spacial score (nSPS) is 19.8. The van der Waals surface area contributed by atoms with Gasteiger partial charge in [-0.3, -0.25) is 4.79 Å². The number of rotatable bonds is 4. The number of hydrogen-bond acceptors (Lipinski definition) is 3. The van der Waals surface area contributed by atoms with Gasteiger partial charge in [-0.2, -0.15) is 0 Å². The van der Waals surface area contributed by atoms with E-state index in [9.17, 15) is 14.7 Å². The zero-order chi connectivity index (χ0) is 15.4. The summed E-state index contributed by atoms with van der Waals surface area (Å²) in [6.07, 6.45) is 1.56. The molecule has 0 aliphatic carbocycles. The number of hydrogen-bond donors (Lipinski definition) is 2. The standard InChI is InChI=1S/C15H18BrNO4/c1-9-4-2-6-11(12(9)16)14(18)17-13(15(19)20)10-5-3-7-21-8-10/h2,4,6,10,13H,3,5,7-8H2,1H3,(H,17,18)(H,19,20). The largest absolute Gasteiger partial charge is 0.480 e. The van der Waals surface area contributed by atoms with E-state index in [0.717, 1.165) is 18.4 Å². The SMILES string of the molecule is Cc1cccc(C(=O)NC(C(=O)O)C2CCCOC2)c1Br. The van der Waals surface area contributed by atoms with Crippen molar-refractivity contribution < 1.29 is 19.4 Å². The lowest BCUT2D eigenvalue weighted by Gasteiger charge is -2.28. The number of ether oxygens (including phenoxy) is 1. The molecule has 2 rings (SSSR count). The third-order valence-electron chi connectivity index (χ3n) is 3.66. The molecule has 2 N–H and O–H groups in total. The Hall–Kier alpha value is -1.40. The highest BCUT2D eigenvalue weighted by Gasteiger charge is 2.31. The Kier molecular flexibility index (Phi) is 5.36. The molecule has 1 amide bonds. The van der Waals surface area contributed by atoms with Gasteiger partial charge in [-0.1, -0.05) is 12.1 Å². The summed E-state index contributed by atoms with van der Waals surface area (Å²) in [6, 6.07) is 4.40. The molecule has 1 aromatic carbocycles. The highest BCUT2D eigenvalue weighted by molar-refractivity contribution is 9.10. The fraction of sp³-hybridized carbons (Fsp3) is 0.467. The summed E-state index contributed by atoms with van der Waals surface area (Å²) in [5.74, 6) is -1.60. The third kappa shape index (κ3) is 3.83. The molecule has 1 aliphatic rings. The lowest BCUT2D eigenvalue weighted by atomic mass is 9.93. The van der Waals surface area contributed by atoms with Crippen LogP contribution in [-0.2, 0) is 9.53 Å². The van der Waals surface area contributed by atoms with Crippen LogP contribution >= 0.6 is 15.9 Å². The van der Waals surface area contributed by atoms with Crippen LogP contribution < -0.4 is 5.32 Å². The van der Waals surface area contributed by atoms with E-state index in [2.05, 4.69) is 21.2 Å². The van der Waals surface area contributed by atoms with Gasteiger partial charge < -0.3 is 15.2 Å². The van der Waals surface area contributed by atoms with Crippen molar-refractivity contribution in [3.8, 4) is 0 Å². The molecule has 0 bridgehead atoms. The highest BCUT2D eigenvalue weighted by atomic mass is 79.9. The van der Waals surface area contributed by atoms with E-state index in [1.165, 1.54) is 0 Å². The smallest absolute Gasteiger partial charge is 0.326 e. The van der Waals surface area contributed by atoms with Gasteiger partial charge in [0.25, 0.3) is 5.91 Å². The van der Waals surface area contributed by atoms with Gasteiger partial charge in [0.2, 0.25) is 0 Å². The summed E-state index contributed by atoms with van der Waals surface area (Å²) in [6.45, 7) is 2.90. The molecule has 2 unspecified atom stereocenters. The van der Waals surface area contributed by atoms with Gasteiger partial charge in [0.05, 0.1) is 12.2 Å². The van der Waals surface area contributed by atoms with Crippen molar-refractivity contribution in [1.82, 2.24) is 5.32 Å². The van der Waals surface area contributed by atoms with Gasteiger partial charge in [-0.05, 0) is 47.3 Å². The lowest BCUT2D eigenvalue weighted by molar-refractivity contribution is -0.142. The van der Waals surface area contributed by atoms with E-state index in [-0.39, 0.29) is 11.8 Å². The van der Waals surface area contributed by atoms with Gasteiger partial charge >= 0.3 is 5.97 Å². The fourth-order valence-electron chi connectivity index (χ4n) is 2.45. The molecule has 21 heavy (non-hydrogen) atoms. The van der Waals surface area contributed by atoms with Crippen LogP contribution in [0.5, 0.6) is 0 Å². The zero-order valence-corrected chi connectivity index (χ0v) is 13.4. The third-order valence-corrected chi connectivity index (χ3v) is 4.71. The molecule has 1 fully saturated rings. The molecular weight excluding hydrogens is 338 g/mol. The van der Waals surface area contributed by atoms with Crippen LogP contribution in [0.25, 0.3) is 0 Å². The Balaban J connectivity index is 2.14. The molecule has 1 saturated heterocycles. The van der Waals surface area contributed by atoms with Crippen LogP contribution in [0.3, 0.4) is 0 Å². The number of carboxylic acids is 1. The van der Waals surface area contributed by atoms with Crippen molar-refractivity contribution in [2.45, 2.75) is 25.8 Å². The maximum atomic E-state index is 12.3. The highest BCUT2D eigenvalue weighted by Crippen LogP contribution is 2.22. The van der Waals surface area contributed by atoms with Crippen molar-refractivity contribution in [3.63, 3.8) is 0 Å². The summed E-state index contributed by atoms with van der Waals surface area (Å²) >= 11 is 3.37. The van der Waals surface area contributed by atoms with Crippen LogP contribution in [0.1, 0.15) is 28.8 Å². The predicted octanol–water partition coefficient (Wildman–Crippen LogP) is 2.37. The molecule has 2 atom stereocenters. The maximum absolute atomic E-state index is 12.3. The summed E-state index contributed by atoms with van der Waals surface area (Å²) < 4.78 is 6.01. The molecular formula is C15H18BrNO4. The maximum Gasteiger partial charge on any atom is 0.326 e. The minimum absolute atomic E-state index is 0.191. The quantitative estimate of drug-likeness (QED) is 0.869. The topological polar surface area (TPSA) is 75.6 Å². The number of aryl methyl sites for hydroxylation is 1. The van der Waals surface area contributed by atoms with Gasteiger partial charge in [0.15, 0.2) is 0 Å². The Morgan fingerprint density at radius 1 is 1.48 bits per heavy atom. The van der Waals surface area contributed by atoms with Crippen LogP contribution in [0, 0.1) is 12.8 Å². The van der Waals surface area contributed by atoms with E-state index < -0.39 is 12.0 Å². The first-order chi connectivity index (χ1) is 10.0. The summed E-state index contributed by atoms with van der Waals surface area (Å²) in [5.41, 5.74) is 1.37. The summed E-state index contributed by atoms with van der Waals surface area (Å²) in [4.78, 5) is 23.8. The minimum atomic E-state index is -1.03. The average molecular weight is 356 g/mol. The van der Waals surface area contributed by atoms with E-state index in [1.807, 2.05) is 13.0 Å². The Bertz CT molecular complexity index is 540. The number of carbonyl (C=O) groups excluding carboxylic acids is 1. The molecule has 0 saturated carbocycles. The monoisotopic (exact) mass is 355 g/mol. The van der Waals surface area contributed by atoms with Crippen molar-refractivity contribution in [2.75, 3.05) is 13.2 Å². The number of carboxylic acid groups (broad SMARTS) is 1. The molecule has 114 valence electrons. The number of benzene rings is 1. The second-order valence-corrected chi connectivity index (χ2v) is 6.00. The molecule has 0 spiro atoms. The first kappa shape index (κ1) is 16.0. The van der Waals surface area contributed by atoms with E-state index >= 15 is 0 Å². The Labute approximate surface area is 131 Å². The van der Waals surface area contributed by atoms with Gasteiger partial charge in [-0.15, -0.1) is 0 Å². The summed E-state index contributed by atoms with van der Waals surface area (Å²) in [7, 11) is 0. The van der Waals surface area contributed by atoms with Gasteiger partial charge in [0, 0.05) is 17.0 Å². The lowest BCUT2D eigenvalue weighted by Crippen LogP contribution is -2.48. The Morgan fingerprint density at radius 3 is 2.86 bits per heavy atom. The van der Waals surface area contributed by atoms with Crippen molar-refractivity contribution >= 4 is 27.8 Å². The van der Waals surface area contributed by atoms with Crippen molar-refractivity contribution in [2.24, 2.45) is 5.92 Å². The first-order valence-electron chi connectivity index (χ1n) is 6.87. The number of nitrogens with one attached hydrogen (secondary N) is 1. The number of halogens is 1. The fourth-order valence-corrected chi connectivity index (χ4v) is 2.90. The second kappa shape index (κ2) is 7.04. The van der Waals surface area contributed by atoms with E-state index in [4.69, 9.17) is 4.74 Å². The van der Waals surface area contributed by atoms with Crippen LogP contribution in [0.2, 0.25) is 0 Å². The average Bonchev–Trinajstić information content (AvgIpc) is 2.48. The number of aliphatic carboxylic acids is 1. The predicted molar refractivity (Wildman–Crippen MR) is 81.3 cm³/mol. The van der Waals surface area contributed by atoms with E-state index in [1.54, 1.807) is 12.1 Å². The second-order valence-electron chi connectivity index (χ2n) is 5.20. The van der Waals surface area contributed by atoms with Gasteiger partial charge in [0.1, 0.15) is 6.04 Å². The molecule has 1 aromatic rings. The molecule has 6 heteroatoms. The summed E-state index contributed by atoms with van der Waals surface area (Å²) in [5, 5.41) is 12.0. The molecule has 0 aromatic heterocycles. The molecule has 1 heterocycles. The van der Waals surface area contributed by atoms with E-state index in [0.29, 0.717) is 23.2 Å². The molecule has 1 aliphatic heterocycles. The van der Waals surface area contributed by atoms with Crippen LogP contribution in [-0.4, -0.2) is 36.2 Å². The molecule has 0 radical (unpaired) electrons. The Morgan fingerprint density at radius 2 is 2.24 bits per heavy atom. The number of amides is 1. The van der Waals surface area contributed by atoms with Crippen LogP contribution in [0.15, 0.2) is 22.7 Å². The van der Waals surface area contributed by atoms with Crippen molar-refractivity contribution in [1.29, 1.82) is 0 Å². The zero-order valence-electron chi connectivity index (χ0n) is 11.8. The first-order valence-corrected chi connectivity index (χ1v) is 7.66. The number of carbonyl (C=O) groups is 2. The molecule has 5 nitrogen and oxygen atoms in total. The minimum Gasteiger partial charge on any atom is -0.480 e. The van der Waals surface area contributed by atoms with Crippen molar-refractivity contribution in [3.05, 3.63) is 33.8 Å². The van der Waals surface area contributed by atoms with Crippen LogP contribution in [0.4, 0.5) is 0 Å². The van der Waals surface area contributed by atoms with Gasteiger partial charge in [-0.25, -0.2) is 4.79 Å².